The Morgan fingerprint density at radius 1 is 1.38 bits per heavy atom. The summed E-state index contributed by atoms with van der Waals surface area (Å²) >= 11 is 0. The summed E-state index contributed by atoms with van der Waals surface area (Å²) in [6.45, 7) is 5.87. The predicted molar refractivity (Wildman–Crippen MR) is 97.3 cm³/mol. The van der Waals surface area contributed by atoms with Gasteiger partial charge in [-0.25, -0.2) is 4.68 Å². The van der Waals surface area contributed by atoms with Gasteiger partial charge >= 0.3 is 6.36 Å². The molecule has 11 heteroatoms. The summed E-state index contributed by atoms with van der Waals surface area (Å²) in [5.41, 5.74) is 0.600. The number of alkyl halides is 3. The van der Waals surface area contributed by atoms with Crippen molar-refractivity contribution in [1.82, 2.24) is 19.6 Å². The number of halogens is 3. The van der Waals surface area contributed by atoms with Gasteiger partial charge in [-0.2, -0.15) is 10.2 Å². The van der Waals surface area contributed by atoms with Crippen molar-refractivity contribution in [3.05, 3.63) is 29.7 Å². The van der Waals surface area contributed by atoms with Gasteiger partial charge in [-0.05, 0) is 33.6 Å². The number of anilines is 1. The Labute approximate surface area is 166 Å². The van der Waals surface area contributed by atoms with Crippen LogP contribution in [-0.2, 0) is 21.6 Å². The van der Waals surface area contributed by atoms with Crippen LogP contribution >= 0.6 is 0 Å². The monoisotopic (exact) mass is 415 g/mol. The Morgan fingerprint density at radius 2 is 2.14 bits per heavy atom. The molecular formula is C18H24F3N5O3. The van der Waals surface area contributed by atoms with Gasteiger partial charge < -0.3 is 10.1 Å². The molecule has 0 aromatic carbocycles. The normalized spacial score (nSPS) is 17.7. The number of rotatable bonds is 6. The third-order valence-corrected chi connectivity index (χ3v) is 4.35. The van der Waals surface area contributed by atoms with E-state index in [-0.39, 0.29) is 23.8 Å². The average molecular weight is 415 g/mol. The highest BCUT2D eigenvalue weighted by molar-refractivity contribution is 6.03. The summed E-state index contributed by atoms with van der Waals surface area (Å²) in [5, 5.41) is 11.3. The minimum absolute atomic E-state index is 0.0920. The largest absolute Gasteiger partial charge is 0.522 e. The molecule has 0 saturated carbocycles. The second-order valence-electron chi connectivity index (χ2n) is 7.78. The molecule has 0 spiro atoms. The van der Waals surface area contributed by atoms with Crippen molar-refractivity contribution < 1.29 is 27.4 Å². The van der Waals surface area contributed by atoms with Crippen molar-refractivity contribution in [3.8, 4) is 0 Å². The Hall–Kier alpha value is -2.40. The van der Waals surface area contributed by atoms with Crippen LogP contribution in [0.25, 0.3) is 0 Å². The molecule has 29 heavy (non-hydrogen) atoms. The van der Waals surface area contributed by atoms with Gasteiger partial charge in [0.25, 0.3) is 5.91 Å². The molecule has 0 unspecified atom stereocenters. The van der Waals surface area contributed by atoms with E-state index < -0.39 is 18.9 Å². The Bertz CT molecular complexity index is 848. The van der Waals surface area contributed by atoms with Gasteiger partial charge in [0, 0.05) is 18.9 Å². The van der Waals surface area contributed by atoms with Crippen LogP contribution in [0.5, 0.6) is 0 Å². The fourth-order valence-corrected chi connectivity index (χ4v) is 3.01. The summed E-state index contributed by atoms with van der Waals surface area (Å²) in [5.74, 6) is 0.0819. The molecular weight excluding hydrogens is 391 g/mol. The van der Waals surface area contributed by atoms with E-state index in [4.69, 9.17) is 4.74 Å². The lowest BCUT2D eigenvalue weighted by Crippen LogP contribution is -2.27. The zero-order valence-corrected chi connectivity index (χ0v) is 16.5. The number of ether oxygens (including phenoxy) is 2. The van der Waals surface area contributed by atoms with Gasteiger partial charge in [-0.15, -0.1) is 13.2 Å². The van der Waals surface area contributed by atoms with E-state index in [0.29, 0.717) is 12.4 Å². The van der Waals surface area contributed by atoms with Crippen LogP contribution in [0.2, 0.25) is 0 Å². The highest BCUT2D eigenvalue weighted by Gasteiger charge is 2.29. The fourth-order valence-electron chi connectivity index (χ4n) is 3.01. The number of hydrogen-bond acceptors (Lipinski definition) is 5. The summed E-state index contributed by atoms with van der Waals surface area (Å²) < 4.78 is 48.5. The molecule has 1 aliphatic rings. The minimum Gasteiger partial charge on any atom is -0.372 e. The number of aromatic nitrogens is 4. The molecule has 3 rings (SSSR count). The van der Waals surface area contributed by atoms with Gasteiger partial charge in [-0.3, -0.25) is 14.2 Å². The number of nitrogens with one attached hydrogen (secondary N) is 1. The van der Waals surface area contributed by atoms with Crippen LogP contribution in [0.4, 0.5) is 19.0 Å². The van der Waals surface area contributed by atoms with Crippen molar-refractivity contribution in [2.24, 2.45) is 0 Å². The number of carbonyl (C=O) groups is 1. The SMILES string of the molecule is CC(C)(C)n1nc([C@H]2CCCO2)cc1NC(=O)c1cnn(CCOC(F)(F)F)c1. The van der Waals surface area contributed by atoms with E-state index in [0.717, 1.165) is 18.5 Å². The van der Waals surface area contributed by atoms with Crippen molar-refractivity contribution in [3.63, 3.8) is 0 Å². The maximum absolute atomic E-state index is 12.6. The summed E-state index contributed by atoms with van der Waals surface area (Å²) in [6.07, 6.45) is -0.284. The maximum Gasteiger partial charge on any atom is 0.522 e. The first kappa shape index (κ1) is 21.3. The molecule has 2 aromatic rings. The molecule has 2 aromatic heterocycles. The van der Waals surface area contributed by atoms with Crippen LogP contribution in [0, 0.1) is 0 Å². The third kappa shape index (κ3) is 5.57. The zero-order valence-electron chi connectivity index (χ0n) is 16.5. The first-order valence-corrected chi connectivity index (χ1v) is 9.29. The second kappa shape index (κ2) is 8.15. The summed E-state index contributed by atoms with van der Waals surface area (Å²) in [7, 11) is 0. The fraction of sp³-hybridized carbons (Fsp3) is 0.611. The lowest BCUT2D eigenvalue weighted by Gasteiger charge is -2.22. The van der Waals surface area contributed by atoms with E-state index in [2.05, 4.69) is 20.3 Å². The Morgan fingerprint density at radius 3 is 2.76 bits per heavy atom. The minimum atomic E-state index is -4.69. The highest BCUT2D eigenvalue weighted by atomic mass is 19.4. The number of carbonyl (C=O) groups excluding carboxylic acids is 1. The molecule has 0 radical (unpaired) electrons. The molecule has 1 fully saturated rings. The molecule has 0 aliphatic carbocycles. The van der Waals surface area contributed by atoms with Crippen LogP contribution in [-0.4, -0.2) is 45.0 Å². The van der Waals surface area contributed by atoms with Gasteiger partial charge in [0.05, 0.1) is 36.1 Å². The topological polar surface area (TPSA) is 83.2 Å². The molecule has 1 amide bonds. The molecule has 1 N–H and O–H groups in total. The number of nitrogens with zero attached hydrogens (tertiary/aromatic N) is 4. The molecule has 3 heterocycles. The van der Waals surface area contributed by atoms with Crippen molar-refractivity contribution >= 4 is 11.7 Å². The van der Waals surface area contributed by atoms with Crippen LogP contribution in [0.15, 0.2) is 18.5 Å². The second-order valence-corrected chi connectivity index (χ2v) is 7.78. The lowest BCUT2D eigenvalue weighted by molar-refractivity contribution is -0.325. The first-order valence-electron chi connectivity index (χ1n) is 9.29. The summed E-state index contributed by atoms with van der Waals surface area (Å²) in [6, 6.07) is 1.79. The van der Waals surface area contributed by atoms with Gasteiger partial charge in [0.15, 0.2) is 0 Å². The quantitative estimate of drug-likeness (QED) is 0.781. The van der Waals surface area contributed by atoms with Crippen LogP contribution < -0.4 is 5.32 Å². The summed E-state index contributed by atoms with van der Waals surface area (Å²) in [4.78, 5) is 12.6. The van der Waals surface area contributed by atoms with Crippen molar-refractivity contribution in [1.29, 1.82) is 0 Å². The van der Waals surface area contributed by atoms with Gasteiger partial charge in [-0.1, -0.05) is 0 Å². The lowest BCUT2D eigenvalue weighted by atomic mass is 10.1. The molecule has 0 bridgehead atoms. The van der Waals surface area contributed by atoms with Crippen molar-refractivity contribution in [2.45, 2.75) is 58.2 Å². The van der Waals surface area contributed by atoms with E-state index in [1.807, 2.05) is 20.8 Å². The third-order valence-electron chi connectivity index (χ3n) is 4.35. The Balaban J connectivity index is 1.70. The van der Waals surface area contributed by atoms with Crippen molar-refractivity contribution in [2.75, 3.05) is 18.5 Å². The zero-order chi connectivity index (χ0) is 21.2. The van der Waals surface area contributed by atoms with E-state index in [9.17, 15) is 18.0 Å². The maximum atomic E-state index is 12.6. The average Bonchev–Trinajstić information content (AvgIpc) is 3.33. The predicted octanol–water partition coefficient (Wildman–Crippen LogP) is 3.47. The van der Waals surface area contributed by atoms with E-state index in [1.165, 1.54) is 17.1 Å². The standard InChI is InChI=1S/C18H24F3N5O3/c1-17(2,3)26-15(9-13(24-26)14-5-4-7-28-14)23-16(27)12-10-22-25(11-12)6-8-29-18(19,20)21/h9-11,14H,4-8H2,1-3H3,(H,23,27)/t14-/m1/s1. The Kier molecular flexibility index (Phi) is 5.99. The molecule has 1 atom stereocenters. The van der Waals surface area contributed by atoms with E-state index in [1.54, 1.807) is 10.7 Å². The van der Waals surface area contributed by atoms with Crippen LogP contribution in [0.1, 0.15) is 55.8 Å². The highest BCUT2D eigenvalue weighted by Crippen LogP contribution is 2.31. The molecule has 1 aliphatic heterocycles. The smallest absolute Gasteiger partial charge is 0.372 e. The number of amides is 1. The molecule has 8 nitrogen and oxygen atoms in total. The molecule has 1 saturated heterocycles. The van der Waals surface area contributed by atoms with Gasteiger partial charge in [0.2, 0.25) is 0 Å². The molecule has 160 valence electrons. The first-order chi connectivity index (χ1) is 13.5. The van der Waals surface area contributed by atoms with Crippen LogP contribution in [0.3, 0.4) is 0 Å². The van der Waals surface area contributed by atoms with E-state index >= 15 is 0 Å². The van der Waals surface area contributed by atoms with Gasteiger partial charge in [0.1, 0.15) is 11.9 Å². The number of hydrogen-bond donors (Lipinski definition) is 1.